The summed E-state index contributed by atoms with van der Waals surface area (Å²) in [6, 6.07) is 12.4. The van der Waals surface area contributed by atoms with Crippen molar-refractivity contribution in [3.63, 3.8) is 0 Å². The smallest absolute Gasteiger partial charge is 0.161 e. The minimum Gasteiger partial charge on any atom is -0.493 e. The molecule has 2 aromatic carbocycles. The zero-order valence-electron chi connectivity index (χ0n) is 15.7. The molecule has 1 aliphatic rings. The molecule has 0 spiro atoms. The molecule has 1 N–H and O–H groups in total. The molecule has 1 aliphatic heterocycles. The lowest BCUT2D eigenvalue weighted by atomic mass is 9.89. The first kappa shape index (κ1) is 19.0. The summed E-state index contributed by atoms with van der Waals surface area (Å²) in [6.45, 7) is 2.61. The molecule has 4 nitrogen and oxygen atoms in total. The van der Waals surface area contributed by atoms with Gasteiger partial charge >= 0.3 is 0 Å². The lowest BCUT2D eigenvalue weighted by molar-refractivity contribution is 0.267. The molecule has 0 radical (unpaired) electrons. The number of nitrogens with one attached hydrogen (secondary N) is 1. The van der Waals surface area contributed by atoms with Crippen LogP contribution in [0.1, 0.15) is 29.2 Å². The van der Waals surface area contributed by atoms with Crippen molar-refractivity contribution in [1.29, 1.82) is 0 Å². The molecule has 0 aromatic heterocycles. The van der Waals surface area contributed by atoms with Crippen LogP contribution in [0.2, 0.25) is 5.02 Å². The van der Waals surface area contributed by atoms with E-state index in [4.69, 9.17) is 21.1 Å². The fourth-order valence-electron chi connectivity index (χ4n) is 3.35. The third-order valence-electron chi connectivity index (χ3n) is 4.69. The standard InChI is InChI=1S/C21H27ClN2O2/c1-24(2)11-4-12-26-20-14-18-16(13-19(20)25-3)9-10-23-21(18)15-5-7-17(22)8-6-15/h5-8,13-14,21,23H,4,9-12H2,1-3H3. The largest absolute Gasteiger partial charge is 0.493 e. The number of rotatable bonds is 7. The second-order valence-electron chi connectivity index (χ2n) is 6.90. The van der Waals surface area contributed by atoms with Gasteiger partial charge in [0.2, 0.25) is 0 Å². The number of hydrogen-bond donors (Lipinski definition) is 1. The molecule has 26 heavy (non-hydrogen) atoms. The van der Waals surface area contributed by atoms with Crippen LogP contribution in [0, 0.1) is 0 Å². The van der Waals surface area contributed by atoms with E-state index in [0.29, 0.717) is 6.61 Å². The Morgan fingerprint density at radius 1 is 1.15 bits per heavy atom. The van der Waals surface area contributed by atoms with Gasteiger partial charge in [-0.15, -0.1) is 0 Å². The van der Waals surface area contributed by atoms with Crippen molar-refractivity contribution in [2.75, 3.05) is 40.9 Å². The third-order valence-corrected chi connectivity index (χ3v) is 4.94. The van der Waals surface area contributed by atoms with E-state index in [1.54, 1.807) is 7.11 Å². The van der Waals surface area contributed by atoms with Crippen LogP contribution in [0.15, 0.2) is 36.4 Å². The van der Waals surface area contributed by atoms with E-state index < -0.39 is 0 Å². The zero-order valence-corrected chi connectivity index (χ0v) is 16.5. The highest BCUT2D eigenvalue weighted by molar-refractivity contribution is 6.30. The molecule has 1 heterocycles. The van der Waals surface area contributed by atoms with E-state index in [2.05, 4.69) is 48.6 Å². The van der Waals surface area contributed by atoms with E-state index in [1.807, 2.05) is 12.1 Å². The number of benzene rings is 2. The zero-order chi connectivity index (χ0) is 18.5. The van der Waals surface area contributed by atoms with Gasteiger partial charge < -0.3 is 19.7 Å². The summed E-state index contributed by atoms with van der Waals surface area (Å²) in [7, 11) is 5.84. The van der Waals surface area contributed by atoms with Crippen molar-refractivity contribution in [3.05, 3.63) is 58.1 Å². The van der Waals surface area contributed by atoms with Crippen LogP contribution < -0.4 is 14.8 Å². The van der Waals surface area contributed by atoms with E-state index in [1.165, 1.54) is 16.7 Å². The van der Waals surface area contributed by atoms with Crippen molar-refractivity contribution in [2.24, 2.45) is 0 Å². The van der Waals surface area contributed by atoms with E-state index in [9.17, 15) is 0 Å². The van der Waals surface area contributed by atoms with Gasteiger partial charge in [-0.1, -0.05) is 23.7 Å². The molecule has 0 saturated heterocycles. The van der Waals surface area contributed by atoms with Crippen LogP contribution in [0.3, 0.4) is 0 Å². The molecule has 1 unspecified atom stereocenters. The van der Waals surface area contributed by atoms with E-state index in [0.717, 1.165) is 42.5 Å². The number of methoxy groups -OCH3 is 1. The Morgan fingerprint density at radius 3 is 2.62 bits per heavy atom. The topological polar surface area (TPSA) is 33.7 Å². The van der Waals surface area contributed by atoms with Crippen LogP contribution in [-0.4, -0.2) is 45.8 Å². The number of hydrogen-bond acceptors (Lipinski definition) is 4. The summed E-state index contributed by atoms with van der Waals surface area (Å²) < 4.78 is 11.6. The number of nitrogens with zero attached hydrogens (tertiary/aromatic N) is 1. The maximum absolute atomic E-state index is 6.05. The molecule has 1 atom stereocenters. The Kier molecular flexibility index (Phi) is 6.41. The van der Waals surface area contributed by atoms with Gasteiger partial charge in [0, 0.05) is 18.1 Å². The summed E-state index contributed by atoms with van der Waals surface area (Å²) in [6.07, 6.45) is 1.96. The maximum atomic E-state index is 6.05. The Morgan fingerprint density at radius 2 is 1.92 bits per heavy atom. The van der Waals surface area contributed by atoms with Crippen LogP contribution in [0.25, 0.3) is 0 Å². The normalized spacial score (nSPS) is 16.4. The van der Waals surface area contributed by atoms with Crippen molar-refractivity contribution in [1.82, 2.24) is 10.2 Å². The van der Waals surface area contributed by atoms with Crippen LogP contribution in [0.4, 0.5) is 0 Å². The second-order valence-corrected chi connectivity index (χ2v) is 7.33. The predicted molar refractivity (Wildman–Crippen MR) is 107 cm³/mol. The summed E-state index contributed by atoms with van der Waals surface area (Å²) in [5, 5.41) is 4.37. The minimum atomic E-state index is 0.144. The molecule has 0 bridgehead atoms. The third kappa shape index (κ3) is 4.50. The van der Waals surface area contributed by atoms with Crippen molar-refractivity contribution in [2.45, 2.75) is 18.9 Å². The molecule has 3 rings (SSSR count). The molecule has 0 aliphatic carbocycles. The lowest BCUT2D eigenvalue weighted by Crippen LogP contribution is -2.30. The number of fused-ring (bicyclic) bond motifs is 1. The molecule has 0 saturated carbocycles. The molecular formula is C21H27ClN2O2. The maximum Gasteiger partial charge on any atom is 0.161 e. The van der Waals surface area contributed by atoms with Gasteiger partial charge in [-0.25, -0.2) is 0 Å². The molecule has 5 heteroatoms. The predicted octanol–water partition coefficient (Wildman–Crippen LogP) is 3.91. The van der Waals surface area contributed by atoms with Gasteiger partial charge in [-0.2, -0.15) is 0 Å². The average Bonchev–Trinajstić information content (AvgIpc) is 2.64. The number of ether oxygens (including phenoxy) is 2. The second kappa shape index (κ2) is 8.76. The van der Waals surface area contributed by atoms with Gasteiger partial charge in [0.05, 0.1) is 19.8 Å². The summed E-state index contributed by atoms with van der Waals surface area (Å²) in [4.78, 5) is 2.16. The fraction of sp³-hybridized carbons (Fsp3) is 0.429. The fourth-order valence-corrected chi connectivity index (χ4v) is 3.48. The first-order chi connectivity index (χ1) is 12.6. The van der Waals surface area contributed by atoms with E-state index in [-0.39, 0.29) is 6.04 Å². The van der Waals surface area contributed by atoms with Gasteiger partial charge in [0.15, 0.2) is 11.5 Å². The first-order valence-electron chi connectivity index (χ1n) is 9.05. The molecule has 0 fully saturated rings. The van der Waals surface area contributed by atoms with E-state index >= 15 is 0 Å². The van der Waals surface area contributed by atoms with Crippen molar-refractivity contribution >= 4 is 11.6 Å². The summed E-state index contributed by atoms with van der Waals surface area (Å²) >= 11 is 6.05. The minimum absolute atomic E-state index is 0.144. The average molecular weight is 375 g/mol. The van der Waals surface area contributed by atoms with Crippen LogP contribution in [0.5, 0.6) is 11.5 Å². The lowest BCUT2D eigenvalue weighted by Gasteiger charge is -2.29. The summed E-state index contributed by atoms with van der Waals surface area (Å²) in [5.41, 5.74) is 3.77. The highest BCUT2D eigenvalue weighted by atomic mass is 35.5. The van der Waals surface area contributed by atoms with Crippen LogP contribution >= 0.6 is 11.6 Å². The van der Waals surface area contributed by atoms with Crippen molar-refractivity contribution in [3.8, 4) is 11.5 Å². The van der Waals surface area contributed by atoms with Crippen LogP contribution in [-0.2, 0) is 6.42 Å². The Bertz CT molecular complexity index is 732. The SMILES string of the molecule is COc1cc2c(cc1OCCCN(C)C)C(c1ccc(Cl)cc1)NCC2. The Labute approximate surface area is 161 Å². The first-order valence-corrected chi connectivity index (χ1v) is 9.43. The molecule has 0 amide bonds. The highest BCUT2D eigenvalue weighted by Gasteiger charge is 2.24. The molecule has 2 aromatic rings. The van der Waals surface area contributed by atoms with Gasteiger partial charge in [-0.05, 0) is 67.9 Å². The summed E-state index contributed by atoms with van der Waals surface area (Å²) in [5.74, 6) is 1.62. The van der Waals surface area contributed by atoms with Crippen molar-refractivity contribution < 1.29 is 9.47 Å². The molecule has 140 valence electrons. The highest BCUT2D eigenvalue weighted by Crippen LogP contribution is 2.37. The Balaban J connectivity index is 1.85. The van der Waals surface area contributed by atoms with Gasteiger partial charge in [0.25, 0.3) is 0 Å². The molecular weight excluding hydrogens is 348 g/mol. The quantitative estimate of drug-likeness (QED) is 0.745. The monoisotopic (exact) mass is 374 g/mol. The Hall–Kier alpha value is -1.75. The van der Waals surface area contributed by atoms with Gasteiger partial charge in [0.1, 0.15) is 0 Å². The van der Waals surface area contributed by atoms with Gasteiger partial charge in [-0.3, -0.25) is 0 Å². The number of halogens is 1.